The zero-order valence-corrected chi connectivity index (χ0v) is 9.30. The van der Waals surface area contributed by atoms with Crippen molar-refractivity contribution in [1.82, 2.24) is 9.78 Å². The molecular formula is C5H7N2NaO2S. The van der Waals surface area contributed by atoms with Crippen molar-refractivity contribution in [3.63, 3.8) is 0 Å². The zero-order valence-electron chi connectivity index (χ0n) is 6.48. The van der Waals surface area contributed by atoms with Gasteiger partial charge in [-0.1, -0.05) is 0 Å². The van der Waals surface area contributed by atoms with Crippen LogP contribution in [0.3, 0.4) is 0 Å². The van der Waals surface area contributed by atoms with Gasteiger partial charge in [-0.2, -0.15) is 5.10 Å². The molecular weight excluding hydrogens is 175 g/mol. The van der Waals surface area contributed by atoms with Crippen LogP contribution in [0.25, 0.3) is 0 Å². The first-order valence-electron chi connectivity index (χ1n) is 2.85. The van der Waals surface area contributed by atoms with Gasteiger partial charge in [-0.25, -0.2) is 0 Å². The van der Waals surface area contributed by atoms with E-state index in [-0.39, 0.29) is 34.5 Å². The fourth-order valence-corrected chi connectivity index (χ4v) is 0.945. The molecule has 1 aromatic heterocycles. The minimum absolute atomic E-state index is 0. The molecule has 11 heavy (non-hydrogen) atoms. The van der Waals surface area contributed by atoms with Gasteiger partial charge in [0.1, 0.15) is 0 Å². The molecule has 0 spiro atoms. The van der Waals surface area contributed by atoms with Crippen LogP contribution in [0, 0.1) is 0 Å². The molecule has 1 atom stereocenters. The van der Waals surface area contributed by atoms with Gasteiger partial charge in [0, 0.05) is 12.7 Å². The Morgan fingerprint density at radius 3 is 2.73 bits per heavy atom. The first-order valence-corrected chi connectivity index (χ1v) is 3.93. The average Bonchev–Trinajstić information content (AvgIpc) is 2.34. The van der Waals surface area contributed by atoms with Gasteiger partial charge in [0.2, 0.25) is 0 Å². The van der Waals surface area contributed by atoms with Gasteiger partial charge >= 0.3 is 29.6 Å². The summed E-state index contributed by atoms with van der Waals surface area (Å²) in [5.74, 6) is 0. The summed E-state index contributed by atoms with van der Waals surface area (Å²) in [5.41, 5.74) is 0. The molecule has 0 radical (unpaired) electrons. The third-order valence-corrected chi connectivity index (χ3v) is 1.72. The molecule has 0 aliphatic rings. The summed E-state index contributed by atoms with van der Waals surface area (Å²) >= 11 is -2.14. The van der Waals surface area contributed by atoms with Crippen LogP contribution in [-0.2, 0) is 17.6 Å². The van der Waals surface area contributed by atoms with E-state index in [4.69, 9.17) is 0 Å². The summed E-state index contributed by atoms with van der Waals surface area (Å²) in [6, 6.07) is 0. The minimum atomic E-state index is -2.14. The van der Waals surface area contributed by atoms with Crippen molar-refractivity contribution in [3.05, 3.63) is 12.4 Å². The number of aryl methyl sites for hydroxylation is 1. The molecule has 1 unspecified atom stereocenters. The average molecular weight is 182 g/mol. The van der Waals surface area contributed by atoms with Crippen molar-refractivity contribution >= 4 is 11.1 Å². The van der Waals surface area contributed by atoms with E-state index in [2.05, 4.69) is 5.10 Å². The smallest absolute Gasteiger partial charge is 0.768 e. The number of hydrogen-bond acceptors (Lipinski definition) is 3. The molecule has 0 N–H and O–H groups in total. The van der Waals surface area contributed by atoms with Crippen molar-refractivity contribution in [2.45, 2.75) is 18.4 Å². The fourth-order valence-electron chi connectivity index (χ4n) is 0.604. The van der Waals surface area contributed by atoms with Crippen molar-refractivity contribution in [2.24, 2.45) is 0 Å². The third kappa shape index (κ3) is 3.04. The van der Waals surface area contributed by atoms with E-state index in [1.54, 1.807) is 4.68 Å². The SMILES string of the molecule is CCn1cc(S(=O)[O-])cn1.[Na+]. The largest absolute Gasteiger partial charge is 1.00 e. The van der Waals surface area contributed by atoms with Gasteiger partial charge in [-0.05, 0) is 18.0 Å². The molecule has 56 valence electrons. The molecule has 0 amide bonds. The van der Waals surface area contributed by atoms with Gasteiger partial charge in [0.05, 0.1) is 11.1 Å². The minimum Gasteiger partial charge on any atom is -0.768 e. The van der Waals surface area contributed by atoms with E-state index in [0.29, 0.717) is 6.54 Å². The quantitative estimate of drug-likeness (QED) is 0.365. The summed E-state index contributed by atoms with van der Waals surface area (Å²) in [5, 5.41) is 3.78. The summed E-state index contributed by atoms with van der Waals surface area (Å²) in [6.07, 6.45) is 2.82. The second-order valence-corrected chi connectivity index (χ2v) is 2.71. The van der Waals surface area contributed by atoms with E-state index >= 15 is 0 Å². The molecule has 0 fully saturated rings. The molecule has 0 aromatic carbocycles. The maximum atomic E-state index is 10.3. The van der Waals surface area contributed by atoms with Crippen molar-refractivity contribution in [1.29, 1.82) is 0 Å². The molecule has 0 bridgehead atoms. The first kappa shape index (κ1) is 11.3. The molecule has 0 saturated carbocycles. The van der Waals surface area contributed by atoms with Gasteiger partial charge in [0.25, 0.3) is 0 Å². The fraction of sp³-hybridized carbons (Fsp3) is 0.400. The molecule has 0 saturated heterocycles. The number of aromatic nitrogens is 2. The standard InChI is InChI=1S/C5H8N2O2S.Na/c1-2-7-4-5(3-6-7)10(8)9;/h3-4H,2H2,1H3,(H,8,9);/q;+1/p-1. The summed E-state index contributed by atoms with van der Waals surface area (Å²) in [7, 11) is 0. The van der Waals surface area contributed by atoms with E-state index in [1.807, 2.05) is 6.92 Å². The Hall–Kier alpha value is 0.320. The summed E-state index contributed by atoms with van der Waals surface area (Å²) < 4.78 is 22.1. The Bertz CT molecular complexity index is 250. The molecule has 6 heteroatoms. The Morgan fingerprint density at radius 1 is 1.82 bits per heavy atom. The Balaban J connectivity index is 0.000001000. The Morgan fingerprint density at radius 2 is 2.45 bits per heavy atom. The molecule has 4 nitrogen and oxygen atoms in total. The summed E-state index contributed by atoms with van der Waals surface area (Å²) in [4.78, 5) is 0.238. The van der Waals surface area contributed by atoms with E-state index < -0.39 is 11.1 Å². The number of hydrogen-bond donors (Lipinski definition) is 0. The molecule has 0 aliphatic carbocycles. The number of rotatable bonds is 2. The van der Waals surface area contributed by atoms with E-state index in [1.165, 1.54) is 12.4 Å². The van der Waals surface area contributed by atoms with Gasteiger partial charge < -0.3 is 4.55 Å². The monoisotopic (exact) mass is 182 g/mol. The third-order valence-electron chi connectivity index (χ3n) is 1.13. The van der Waals surface area contributed by atoms with Gasteiger partial charge in [-0.15, -0.1) is 0 Å². The maximum Gasteiger partial charge on any atom is 1.00 e. The van der Waals surface area contributed by atoms with Crippen molar-refractivity contribution in [2.75, 3.05) is 0 Å². The van der Waals surface area contributed by atoms with Crippen LogP contribution in [0.5, 0.6) is 0 Å². The zero-order chi connectivity index (χ0) is 7.56. The molecule has 1 heterocycles. The Kier molecular flexibility index (Phi) is 5.20. The van der Waals surface area contributed by atoms with Crippen LogP contribution < -0.4 is 29.6 Å². The van der Waals surface area contributed by atoms with Crippen LogP contribution >= 0.6 is 0 Å². The van der Waals surface area contributed by atoms with Crippen LogP contribution in [0.4, 0.5) is 0 Å². The molecule has 0 aliphatic heterocycles. The van der Waals surface area contributed by atoms with Crippen molar-refractivity contribution < 1.29 is 38.3 Å². The van der Waals surface area contributed by atoms with E-state index in [0.717, 1.165) is 0 Å². The number of nitrogens with zero attached hydrogens (tertiary/aromatic N) is 2. The molecule has 1 rings (SSSR count). The second-order valence-electron chi connectivity index (χ2n) is 1.77. The van der Waals surface area contributed by atoms with Crippen LogP contribution in [0.15, 0.2) is 17.3 Å². The topological polar surface area (TPSA) is 58.0 Å². The molecule has 1 aromatic rings. The Labute approximate surface area is 89.6 Å². The normalized spacial score (nSPS) is 12.2. The predicted molar refractivity (Wildman–Crippen MR) is 35.1 cm³/mol. The van der Waals surface area contributed by atoms with Crippen LogP contribution in [-0.4, -0.2) is 18.5 Å². The summed E-state index contributed by atoms with van der Waals surface area (Å²) in [6.45, 7) is 2.59. The first-order chi connectivity index (χ1) is 4.74. The predicted octanol–water partition coefficient (Wildman–Crippen LogP) is -2.85. The van der Waals surface area contributed by atoms with Crippen molar-refractivity contribution in [3.8, 4) is 0 Å². The van der Waals surface area contributed by atoms with E-state index in [9.17, 15) is 8.76 Å². The van der Waals surface area contributed by atoms with Crippen LogP contribution in [0.1, 0.15) is 6.92 Å². The van der Waals surface area contributed by atoms with Crippen LogP contribution in [0.2, 0.25) is 0 Å². The second kappa shape index (κ2) is 5.05. The van der Waals surface area contributed by atoms with Gasteiger partial charge in [-0.3, -0.25) is 8.89 Å². The maximum absolute atomic E-state index is 10.3. The van der Waals surface area contributed by atoms with Gasteiger partial charge in [0.15, 0.2) is 0 Å².